The number of carbonyl (C=O) groups excluding carboxylic acids is 4. The van der Waals surface area contributed by atoms with E-state index in [1.807, 2.05) is 0 Å². The molecule has 0 radical (unpaired) electrons. The average Bonchev–Trinajstić information content (AvgIpc) is 2.62. The topological polar surface area (TPSA) is 125 Å². The molecule has 1 aliphatic carbocycles. The van der Waals surface area contributed by atoms with Gasteiger partial charge >= 0.3 is 6.09 Å². The predicted octanol–water partition coefficient (Wildman–Crippen LogP) is 0.734. The molecule has 3 N–H and O–H groups in total. The zero-order valence-electron chi connectivity index (χ0n) is 16.6. The molecule has 9 heteroatoms. The third-order valence-corrected chi connectivity index (χ3v) is 4.91. The highest BCUT2D eigenvalue weighted by atomic mass is 16.6. The minimum atomic E-state index is -0.900. The number of ether oxygens (including phenoxy) is 1. The second-order valence-corrected chi connectivity index (χ2v) is 8.26. The molecule has 0 aromatic heterocycles. The van der Waals surface area contributed by atoms with E-state index in [9.17, 15) is 24.3 Å². The van der Waals surface area contributed by atoms with Crippen LogP contribution in [-0.4, -0.2) is 64.5 Å². The number of aliphatic hydroxyl groups excluding tert-OH is 1. The Bertz CT molecular complexity index is 836. The van der Waals surface area contributed by atoms with Gasteiger partial charge in [-0.2, -0.15) is 0 Å². The van der Waals surface area contributed by atoms with Crippen molar-refractivity contribution < 1.29 is 29.0 Å². The van der Waals surface area contributed by atoms with Gasteiger partial charge in [0, 0.05) is 19.1 Å². The number of nitrogens with one attached hydrogen (secondary N) is 2. The van der Waals surface area contributed by atoms with Crippen LogP contribution in [0.2, 0.25) is 0 Å². The number of carbonyl (C=O) groups is 4. The zero-order chi connectivity index (χ0) is 21.3. The van der Waals surface area contributed by atoms with Crippen molar-refractivity contribution in [3.8, 4) is 0 Å². The van der Waals surface area contributed by atoms with Gasteiger partial charge in [-0.3, -0.25) is 14.4 Å². The Kier molecular flexibility index (Phi) is 5.50. The standard InChI is InChI=1S/C20H25N3O6/c1-20(2,3)29-19(28)23-9-8-12-11(10-23)16(25)15(17(26)21-12)18(27)22-13-6-4-5-7-14(13)24/h4-7,11-13,25H,8-10H2,1-3H3,(H,21,26)(H,22,27). The summed E-state index contributed by atoms with van der Waals surface area (Å²) in [5, 5.41) is 15.9. The van der Waals surface area contributed by atoms with Crippen LogP contribution in [0.15, 0.2) is 35.6 Å². The molecule has 3 rings (SSSR count). The van der Waals surface area contributed by atoms with Crippen molar-refractivity contribution in [1.82, 2.24) is 15.5 Å². The number of hydrogen-bond donors (Lipinski definition) is 3. The lowest BCUT2D eigenvalue weighted by molar-refractivity contribution is -0.127. The van der Waals surface area contributed by atoms with Crippen LogP contribution >= 0.6 is 0 Å². The van der Waals surface area contributed by atoms with Crippen molar-refractivity contribution in [3.05, 3.63) is 35.6 Å². The Hall–Kier alpha value is -3.10. The predicted molar refractivity (Wildman–Crippen MR) is 103 cm³/mol. The largest absolute Gasteiger partial charge is 0.511 e. The molecule has 0 aromatic carbocycles. The van der Waals surface area contributed by atoms with Crippen molar-refractivity contribution in [2.45, 2.75) is 44.9 Å². The van der Waals surface area contributed by atoms with Gasteiger partial charge in [-0.25, -0.2) is 4.79 Å². The Balaban J connectivity index is 1.77. The van der Waals surface area contributed by atoms with Crippen LogP contribution in [0.3, 0.4) is 0 Å². The van der Waals surface area contributed by atoms with E-state index >= 15 is 0 Å². The van der Waals surface area contributed by atoms with E-state index in [-0.39, 0.29) is 18.1 Å². The maximum Gasteiger partial charge on any atom is 0.410 e. The summed E-state index contributed by atoms with van der Waals surface area (Å²) >= 11 is 0. The van der Waals surface area contributed by atoms with Crippen LogP contribution < -0.4 is 10.6 Å². The summed E-state index contributed by atoms with van der Waals surface area (Å²) in [6.45, 7) is 5.74. The highest BCUT2D eigenvalue weighted by Gasteiger charge is 2.43. The van der Waals surface area contributed by atoms with Gasteiger partial charge in [0.25, 0.3) is 11.8 Å². The molecule has 2 aliphatic heterocycles. The van der Waals surface area contributed by atoms with E-state index in [2.05, 4.69) is 10.6 Å². The molecule has 1 fully saturated rings. The molecule has 2 heterocycles. The van der Waals surface area contributed by atoms with Crippen molar-refractivity contribution in [1.29, 1.82) is 0 Å². The zero-order valence-corrected chi connectivity index (χ0v) is 16.6. The number of amides is 3. The SMILES string of the molecule is CC(C)(C)OC(=O)N1CCC2NC(=O)C(C(=O)NC3C=CC=CC3=O)=C(O)C2C1. The Labute approximate surface area is 168 Å². The molecular formula is C20H25N3O6. The number of aliphatic hydroxyl groups is 1. The maximum atomic E-state index is 12.6. The molecule has 1 saturated heterocycles. The van der Waals surface area contributed by atoms with Crippen LogP contribution in [0.5, 0.6) is 0 Å². The van der Waals surface area contributed by atoms with Gasteiger partial charge in [-0.1, -0.05) is 18.2 Å². The lowest BCUT2D eigenvalue weighted by Crippen LogP contribution is -2.58. The van der Waals surface area contributed by atoms with E-state index in [1.165, 1.54) is 17.1 Å². The van der Waals surface area contributed by atoms with Crippen molar-refractivity contribution >= 4 is 23.7 Å². The lowest BCUT2D eigenvalue weighted by atomic mass is 9.85. The van der Waals surface area contributed by atoms with Gasteiger partial charge in [0.15, 0.2) is 5.78 Å². The lowest BCUT2D eigenvalue weighted by Gasteiger charge is -2.41. The van der Waals surface area contributed by atoms with E-state index < -0.39 is 47.1 Å². The summed E-state index contributed by atoms with van der Waals surface area (Å²) in [7, 11) is 0. The molecule has 3 unspecified atom stereocenters. The van der Waals surface area contributed by atoms with Gasteiger partial charge in [-0.05, 0) is 33.3 Å². The molecule has 3 aliphatic rings. The summed E-state index contributed by atoms with van der Waals surface area (Å²) < 4.78 is 5.37. The molecule has 0 aromatic rings. The second kappa shape index (κ2) is 7.73. The molecular weight excluding hydrogens is 378 g/mol. The van der Waals surface area contributed by atoms with Crippen LogP contribution in [0.4, 0.5) is 4.79 Å². The maximum absolute atomic E-state index is 12.6. The molecule has 29 heavy (non-hydrogen) atoms. The number of allylic oxidation sites excluding steroid dienone is 2. The first-order valence-electron chi connectivity index (χ1n) is 9.48. The third kappa shape index (κ3) is 4.49. The summed E-state index contributed by atoms with van der Waals surface area (Å²) in [4.78, 5) is 50.7. The fourth-order valence-electron chi connectivity index (χ4n) is 3.51. The number of piperidine rings is 1. The van der Waals surface area contributed by atoms with E-state index in [0.29, 0.717) is 13.0 Å². The summed E-state index contributed by atoms with van der Waals surface area (Å²) in [6, 6.07) is -1.29. The van der Waals surface area contributed by atoms with Gasteiger partial charge in [0.2, 0.25) is 0 Å². The minimum absolute atomic E-state index is 0.105. The Morgan fingerprint density at radius 3 is 2.66 bits per heavy atom. The van der Waals surface area contributed by atoms with Gasteiger partial charge < -0.3 is 25.4 Å². The summed E-state index contributed by atoms with van der Waals surface area (Å²) in [5.74, 6) is -2.89. The molecule has 156 valence electrons. The van der Waals surface area contributed by atoms with E-state index in [1.54, 1.807) is 32.9 Å². The number of fused-ring (bicyclic) bond motifs is 1. The fourth-order valence-corrected chi connectivity index (χ4v) is 3.51. The summed E-state index contributed by atoms with van der Waals surface area (Å²) in [5.41, 5.74) is -1.10. The first kappa shape index (κ1) is 20.6. The van der Waals surface area contributed by atoms with Crippen LogP contribution in [0.1, 0.15) is 27.2 Å². The number of ketones is 1. The molecule has 0 spiro atoms. The molecule has 3 atom stereocenters. The number of likely N-dealkylation sites (tertiary alicyclic amines) is 1. The van der Waals surface area contributed by atoms with Crippen molar-refractivity contribution in [2.24, 2.45) is 5.92 Å². The van der Waals surface area contributed by atoms with Gasteiger partial charge in [0.05, 0.1) is 5.92 Å². The molecule has 0 bridgehead atoms. The Morgan fingerprint density at radius 1 is 1.28 bits per heavy atom. The fraction of sp³-hybridized carbons (Fsp3) is 0.500. The first-order valence-corrected chi connectivity index (χ1v) is 9.48. The van der Waals surface area contributed by atoms with Crippen molar-refractivity contribution in [2.75, 3.05) is 13.1 Å². The van der Waals surface area contributed by atoms with Gasteiger partial charge in [0.1, 0.15) is 23.0 Å². The molecule has 0 saturated carbocycles. The highest BCUT2D eigenvalue weighted by Crippen LogP contribution is 2.30. The smallest absolute Gasteiger partial charge is 0.410 e. The first-order chi connectivity index (χ1) is 13.6. The van der Waals surface area contributed by atoms with Gasteiger partial charge in [-0.15, -0.1) is 0 Å². The third-order valence-electron chi connectivity index (χ3n) is 4.91. The average molecular weight is 403 g/mol. The highest BCUT2D eigenvalue weighted by molar-refractivity contribution is 6.20. The molecule has 3 amide bonds. The van der Waals surface area contributed by atoms with Crippen LogP contribution in [-0.2, 0) is 19.1 Å². The van der Waals surface area contributed by atoms with Crippen LogP contribution in [0.25, 0.3) is 0 Å². The monoisotopic (exact) mass is 403 g/mol. The summed E-state index contributed by atoms with van der Waals surface area (Å²) in [6.07, 6.45) is 5.87. The normalized spacial score (nSPS) is 26.7. The number of rotatable bonds is 2. The second-order valence-electron chi connectivity index (χ2n) is 8.26. The Morgan fingerprint density at radius 2 is 2.00 bits per heavy atom. The minimum Gasteiger partial charge on any atom is -0.511 e. The quantitative estimate of drug-likeness (QED) is 0.584. The van der Waals surface area contributed by atoms with Crippen molar-refractivity contribution in [3.63, 3.8) is 0 Å². The molecule has 9 nitrogen and oxygen atoms in total. The van der Waals surface area contributed by atoms with Crippen LogP contribution in [0, 0.1) is 5.92 Å². The van der Waals surface area contributed by atoms with E-state index in [0.717, 1.165) is 0 Å². The number of nitrogens with zero attached hydrogens (tertiary/aromatic N) is 1. The number of hydrogen-bond acceptors (Lipinski definition) is 6. The van der Waals surface area contributed by atoms with E-state index in [4.69, 9.17) is 4.74 Å².